The minimum Gasteiger partial charge on any atom is -0.497 e. The molecule has 42 heavy (non-hydrogen) atoms. The molecule has 0 aliphatic carbocycles. The van der Waals surface area contributed by atoms with Crippen LogP contribution in [0.4, 0.5) is 11.4 Å². The van der Waals surface area contributed by atoms with Crippen molar-refractivity contribution in [2.24, 2.45) is 5.10 Å². The van der Waals surface area contributed by atoms with E-state index in [0.717, 1.165) is 37.5 Å². The van der Waals surface area contributed by atoms with Crippen molar-refractivity contribution in [1.82, 2.24) is 9.99 Å². The number of methoxy groups -OCH3 is 1. The normalized spacial score (nSPS) is 11.5. The number of benzene rings is 3. The molecule has 218 valence electrons. The summed E-state index contributed by atoms with van der Waals surface area (Å²) < 4.78 is 36.4. The minimum absolute atomic E-state index is 0.162. The van der Waals surface area contributed by atoms with E-state index in [1.807, 2.05) is 48.7 Å². The van der Waals surface area contributed by atoms with E-state index in [-0.39, 0.29) is 16.3 Å². The molecule has 0 spiro atoms. The molecule has 0 aliphatic rings. The van der Waals surface area contributed by atoms with Gasteiger partial charge in [-0.05, 0) is 85.2 Å². The molecule has 1 aromatic heterocycles. The van der Waals surface area contributed by atoms with Gasteiger partial charge in [-0.2, -0.15) is 5.10 Å². The number of amides is 1. The molecule has 4 aromatic rings. The van der Waals surface area contributed by atoms with E-state index in [0.29, 0.717) is 11.3 Å². The van der Waals surface area contributed by atoms with Crippen molar-refractivity contribution in [3.05, 3.63) is 110 Å². The van der Waals surface area contributed by atoms with Crippen molar-refractivity contribution < 1.29 is 22.9 Å². The summed E-state index contributed by atoms with van der Waals surface area (Å²) in [7, 11) is -2.93. The van der Waals surface area contributed by atoms with Gasteiger partial charge in [0.05, 0.1) is 34.5 Å². The number of sulfonamides is 1. The average molecular weight is 655 g/mol. The average Bonchev–Trinajstić information content (AvgIpc) is 3.24. The molecule has 0 saturated carbocycles. The second-order valence-electron chi connectivity index (χ2n) is 9.32. The molecule has 4 rings (SSSR count). The summed E-state index contributed by atoms with van der Waals surface area (Å²) in [5.41, 5.74) is 6.07. The number of hydrazone groups is 1. The fourth-order valence-electron chi connectivity index (χ4n) is 4.40. The number of halogens is 1. The zero-order valence-electron chi connectivity index (χ0n) is 23.2. The Morgan fingerprint density at radius 1 is 1.10 bits per heavy atom. The van der Waals surface area contributed by atoms with Gasteiger partial charge in [-0.25, -0.2) is 13.8 Å². The van der Waals surface area contributed by atoms with Crippen molar-refractivity contribution in [2.75, 3.05) is 18.0 Å². The zero-order chi connectivity index (χ0) is 30.6. The molecular weight excluding hydrogens is 626 g/mol. The van der Waals surface area contributed by atoms with Crippen molar-refractivity contribution in [3.8, 4) is 11.4 Å². The summed E-state index contributed by atoms with van der Waals surface area (Å²) in [6, 6.07) is 19.4. The first kappa shape index (κ1) is 30.5. The first-order valence-corrected chi connectivity index (χ1v) is 14.8. The van der Waals surface area contributed by atoms with Crippen LogP contribution in [0.2, 0.25) is 0 Å². The van der Waals surface area contributed by atoms with Crippen molar-refractivity contribution in [1.29, 1.82) is 0 Å². The molecule has 0 bridgehead atoms. The molecule has 11 nitrogen and oxygen atoms in total. The number of aromatic nitrogens is 1. The molecule has 1 heterocycles. The van der Waals surface area contributed by atoms with Gasteiger partial charge in [-0.15, -0.1) is 0 Å². The van der Waals surface area contributed by atoms with Crippen LogP contribution in [0, 0.1) is 30.9 Å². The predicted molar refractivity (Wildman–Crippen MR) is 164 cm³/mol. The number of aryl methyl sites for hydroxylation is 2. The van der Waals surface area contributed by atoms with E-state index in [1.165, 1.54) is 44.5 Å². The Kier molecular flexibility index (Phi) is 9.12. The van der Waals surface area contributed by atoms with Gasteiger partial charge in [0, 0.05) is 33.1 Å². The van der Waals surface area contributed by atoms with E-state index in [4.69, 9.17) is 4.74 Å². The summed E-state index contributed by atoms with van der Waals surface area (Å²) in [6.07, 6.45) is 1.49. The third kappa shape index (κ3) is 6.37. The molecule has 0 radical (unpaired) electrons. The van der Waals surface area contributed by atoms with E-state index in [9.17, 15) is 23.3 Å². The van der Waals surface area contributed by atoms with Crippen LogP contribution in [-0.2, 0) is 14.8 Å². The third-order valence-corrected chi connectivity index (χ3v) is 9.01. The fourth-order valence-corrected chi connectivity index (χ4v) is 6.30. The van der Waals surface area contributed by atoms with Crippen molar-refractivity contribution in [3.63, 3.8) is 0 Å². The highest BCUT2D eigenvalue weighted by atomic mass is 79.9. The van der Waals surface area contributed by atoms with Crippen LogP contribution in [-0.4, -0.2) is 43.7 Å². The van der Waals surface area contributed by atoms with Gasteiger partial charge in [0.2, 0.25) is 0 Å². The van der Waals surface area contributed by atoms with Crippen LogP contribution >= 0.6 is 15.9 Å². The van der Waals surface area contributed by atoms with E-state index < -0.39 is 27.4 Å². The lowest BCUT2D eigenvalue weighted by molar-refractivity contribution is -0.385. The largest absolute Gasteiger partial charge is 0.497 e. The van der Waals surface area contributed by atoms with Crippen LogP contribution < -0.4 is 14.5 Å². The van der Waals surface area contributed by atoms with E-state index >= 15 is 0 Å². The second-order valence-corrected chi connectivity index (χ2v) is 12.0. The van der Waals surface area contributed by atoms with Gasteiger partial charge < -0.3 is 9.30 Å². The van der Waals surface area contributed by atoms with Gasteiger partial charge in [-0.1, -0.05) is 18.2 Å². The van der Waals surface area contributed by atoms with Crippen molar-refractivity contribution >= 4 is 49.4 Å². The van der Waals surface area contributed by atoms with Crippen LogP contribution in [0.5, 0.6) is 5.75 Å². The lowest BCUT2D eigenvalue weighted by atomic mass is 10.2. The van der Waals surface area contributed by atoms with Gasteiger partial charge in [0.15, 0.2) is 0 Å². The summed E-state index contributed by atoms with van der Waals surface area (Å²) >= 11 is 3.57. The smallest absolute Gasteiger partial charge is 0.273 e. The Labute approximate surface area is 251 Å². The van der Waals surface area contributed by atoms with Crippen LogP contribution in [0.15, 0.2) is 87.3 Å². The monoisotopic (exact) mass is 653 g/mol. The number of ether oxygens (including phenoxy) is 1. The lowest BCUT2D eigenvalue weighted by Crippen LogP contribution is -2.39. The quantitative estimate of drug-likeness (QED) is 0.138. The number of nitrogens with one attached hydrogen (secondary N) is 1. The number of hydrogen-bond donors (Lipinski definition) is 1. The van der Waals surface area contributed by atoms with E-state index in [2.05, 4.69) is 26.5 Å². The summed E-state index contributed by atoms with van der Waals surface area (Å²) in [5, 5.41) is 15.5. The Balaban J connectivity index is 1.61. The van der Waals surface area contributed by atoms with Crippen molar-refractivity contribution in [2.45, 2.75) is 25.7 Å². The number of carbonyl (C=O) groups excluding carboxylic acids is 1. The molecule has 0 unspecified atom stereocenters. The van der Waals surface area contributed by atoms with Crippen LogP contribution in [0.3, 0.4) is 0 Å². The highest BCUT2D eigenvalue weighted by Crippen LogP contribution is 2.29. The molecule has 1 amide bonds. The van der Waals surface area contributed by atoms with Gasteiger partial charge in [0.25, 0.3) is 21.6 Å². The molecule has 0 aliphatic heterocycles. The van der Waals surface area contributed by atoms with Gasteiger partial charge >= 0.3 is 0 Å². The Bertz CT molecular complexity index is 1780. The minimum atomic E-state index is -4.39. The maximum Gasteiger partial charge on any atom is 0.273 e. The van der Waals surface area contributed by atoms with Gasteiger partial charge in [-0.3, -0.25) is 19.2 Å². The molecule has 1 N–H and O–H groups in total. The highest BCUT2D eigenvalue weighted by Gasteiger charge is 2.29. The Morgan fingerprint density at radius 3 is 2.43 bits per heavy atom. The third-order valence-electron chi connectivity index (χ3n) is 6.57. The van der Waals surface area contributed by atoms with E-state index in [1.54, 1.807) is 12.1 Å². The number of hydrogen-bond acceptors (Lipinski definition) is 7. The summed E-state index contributed by atoms with van der Waals surface area (Å²) in [5.74, 6) is -0.233. The number of carbonyl (C=O) groups is 1. The molecule has 0 fully saturated rings. The molecule has 13 heteroatoms. The fraction of sp³-hybridized carbons (Fsp3) is 0.172. The topological polar surface area (TPSA) is 136 Å². The molecule has 0 atom stereocenters. The maximum absolute atomic E-state index is 13.7. The van der Waals surface area contributed by atoms with Crippen LogP contribution in [0.1, 0.15) is 22.5 Å². The Morgan fingerprint density at radius 2 is 1.79 bits per heavy atom. The lowest BCUT2D eigenvalue weighted by Gasteiger charge is -2.24. The predicted octanol–water partition coefficient (Wildman–Crippen LogP) is 5.43. The first-order valence-electron chi connectivity index (χ1n) is 12.6. The number of nitrogens with zero attached hydrogens (tertiary/aromatic N) is 4. The SMILES string of the molecule is COc1ccc(N(CC(=O)N/N=C\c2cc(C)n(-c3ccccc3Br)c2C)S(=O)(=O)c2ccc(C)c([N+](=O)[O-])c2)cc1. The van der Waals surface area contributed by atoms with Gasteiger partial charge in [0.1, 0.15) is 12.3 Å². The second kappa shape index (κ2) is 12.6. The molecule has 0 saturated heterocycles. The number of nitro benzene ring substituents is 1. The maximum atomic E-state index is 13.7. The summed E-state index contributed by atoms with van der Waals surface area (Å²) in [4.78, 5) is 23.5. The highest BCUT2D eigenvalue weighted by molar-refractivity contribution is 9.10. The number of rotatable bonds is 10. The number of para-hydroxylation sites is 1. The zero-order valence-corrected chi connectivity index (χ0v) is 25.6. The van der Waals surface area contributed by atoms with Crippen LogP contribution in [0.25, 0.3) is 5.69 Å². The standard InChI is InChI=1S/C29H28BrN5O6S/c1-19-9-14-25(16-28(19)35(37)38)42(39,40)33(23-10-12-24(41-4)13-11-23)18-29(36)32-31-17-22-15-20(2)34(21(22)3)27-8-6-5-7-26(27)30/h5-17H,18H2,1-4H3,(H,32,36)/b31-17-. The number of anilines is 1. The first-order chi connectivity index (χ1) is 19.9. The number of nitro groups is 1. The summed E-state index contributed by atoms with van der Waals surface area (Å²) in [6.45, 7) is 4.75. The Hall–Kier alpha value is -4.49. The molecular formula is C29H28BrN5O6S. The molecule has 3 aromatic carbocycles.